The van der Waals surface area contributed by atoms with Gasteiger partial charge in [0.15, 0.2) is 21.5 Å². The molecule has 7 nitrogen and oxygen atoms in total. The van der Waals surface area contributed by atoms with Crippen LogP contribution in [0.1, 0.15) is 42.4 Å². The van der Waals surface area contributed by atoms with Crippen molar-refractivity contribution in [3.8, 4) is 5.75 Å². The van der Waals surface area contributed by atoms with Gasteiger partial charge in [0.25, 0.3) is 0 Å². The van der Waals surface area contributed by atoms with E-state index >= 15 is 0 Å². The van der Waals surface area contributed by atoms with E-state index < -0.39 is 53.8 Å². The van der Waals surface area contributed by atoms with Crippen LogP contribution in [-0.2, 0) is 42.2 Å². The van der Waals surface area contributed by atoms with Crippen molar-refractivity contribution < 1.29 is 39.5 Å². The Morgan fingerprint density at radius 2 is 1.66 bits per heavy atom. The molecular weight excluding hydrogens is 730 g/mol. The Kier molecular flexibility index (Phi) is 8.27. The smallest absolute Gasteiger partial charge is 0.226 e. The second kappa shape index (κ2) is 11.6. The fraction of sp³-hybridized carbons (Fsp3) is 0.387. The van der Waals surface area contributed by atoms with Gasteiger partial charge in [-0.15, -0.1) is 0 Å². The highest BCUT2D eigenvalue weighted by molar-refractivity contribution is 14.1. The van der Waals surface area contributed by atoms with Crippen molar-refractivity contribution in [1.82, 2.24) is 4.90 Å². The molecule has 3 aliphatic rings. The highest BCUT2D eigenvalue weighted by Gasteiger charge is 2.61. The van der Waals surface area contributed by atoms with Crippen LogP contribution in [0.25, 0.3) is 0 Å². The Bertz CT molecular complexity index is 1840. The van der Waals surface area contributed by atoms with Crippen molar-refractivity contribution in [3.63, 3.8) is 0 Å². The van der Waals surface area contributed by atoms with E-state index in [1.165, 1.54) is 12.1 Å². The molecule has 2 saturated heterocycles. The third-order valence-corrected chi connectivity index (χ3v) is 14.4. The topological polar surface area (TPSA) is 97.8 Å². The van der Waals surface area contributed by atoms with Gasteiger partial charge in [0.2, 0.25) is 5.91 Å². The summed E-state index contributed by atoms with van der Waals surface area (Å²) in [5.74, 6) is -2.96. The zero-order valence-corrected chi connectivity index (χ0v) is 27.2. The standard InChI is InChI=1S/C31H29F3INO6S2/c32-22-2-5-24(6-3-22)44(40,41)31-11-12-36(30(37)19-9-13-43(38,39)14-10-19)29(31)8-1-20-15-23(4-7-25(20)31)42-18-21-16-26(33)27(34)17-28(21)35/h2-7,15-17,19,29H,1,8-14,18H2/t29-,31-/m1/s1. The van der Waals surface area contributed by atoms with Gasteiger partial charge in [0, 0.05) is 21.6 Å². The molecule has 1 aliphatic carbocycles. The minimum Gasteiger partial charge on any atom is -0.489 e. The fourth-order valence-corrected chi connectivity index (χ4v) is 11.3. The number of hydrogen-bond acceptors (Lipinski definition) is 6. The van der Waals surface area contributed by atoms with Crippen LogP contribution >= 0.6 is 22.6 Å². The number of benzene rings is 3. The maximum Gasteiger partial charge on any atom is 0.226 e. The molecule has 0 spiro atoms. The second-order valence-electron chi connectivity index (χ2n) is 11.6. The van der Waals surface area contributed by atoms with Crippen LogP contribution in [0.2, 0.25) is 0 Å². The fourth-order valence-electron chi connectivity index (χ4n) is 6.89. The van der Waals surface area contributed by atoms with Crippen molar-refractivity contribution in [2.24, 2.45) is 5.92 Å². The highest BCUT2D eigenvalue weighted by Crippen LogP contribution is 2.53. The lowest BCUT2D eigenvalue weighted by Crippen LogP contribution is -2.53. The average molecular weight is 760 g/mol. The lowest BCUT2D eigenvalue weighted by atomic mass is 9.78. The van der Waals surface area contributed by atoms with Crippen LogP contribution in [0.15, 0.2) is 59.5 Å². The molecular formula is C31H29F3INO6S2. The number of carbonyl (C=O) groups excluding carboxylic acids is 1. The predicted octanol–water partition coefficient (Wildman–Crippen LogP) is 5.33. The summed E-state index contributed by atoms with van der Waals surface area (Å²) in [6, 6.07) is 11.2. The quantitative estimate of drug-likeness (QED) is 0.192. The molecule has 44 heavy (non-hydrogen) atoms. The van der Waals surface area contributed by atoms with Gasteiger partial charge >= 0.3 is 0 Å². The summed E-state index contributed by atoms with van der Waals surface area (Å²) in [5.41, 5.74) is 1.72. The molecule has 2 atom stereocenters. The second-order valence-corrected chi connectivity index (χ2v) is 17.2. The summed E-state index contributed by atoms with van der Waals surface area (Å²) in [5, 5.41) is 0. The van der Waals surface area contributed by atoms with E-state index in [-0.39, 0.29) is 54.7 Å². The minimum absolute atomic E-state index is 0.0324. The number of halogens is 4. The first kappa shape index (κ1) is 31.3. The number of nitrogens with zero attached hydrogens (tertiary/aromatic N) is 1. The number of rotatable bonds is 6. The number of carbonyl (C=O) groups is 1. The first-order valence-electron chi connectivity index (χ1n) is 14.2. The van der Waals surface area contributed by atoms with Gasteiger partial charge in [-0.3, -0.25) is 4.79 Å². The number of aryl methyl sites for hydroxylation is 1. The summed E-state index contributed by atoms with van der Waals surface area (Å²) >= 11 is 1.90. The Morgan fingerprint density at radius 3 is 2.36 bits per heavy atom. The molecule has 2 aliphatic heterocycles. The molecule has 0 N–H and O–H groups in total. The van der Waals surface area contributed by atoms with Gasteiger partial charge in [-0.25, -0.2) is 30.0 Å². The molecule has 0 bridgehead atoms. The van der Waals surface area contributed by atoms with Gasteiger partial charge in [-0.1, -0.05) is 6.07 Å². The Morgan fingerprint density at radius 1 is 0.977 bits per heavy atom. The van der Waals surface area contributed by atoms with Crippen molar-refractivity contribution in [1.29, 1.82) is 0 Å². The molecule has 0 aromatic heterocycles. The monoisotopic (exact) mass is 759 g/mol. The van der Waals surface area contributed by atoms with Crippen molar-refractivity contribution >= 4 is 48.2 Å². The van der Waals surface area contributed by atoms with Gasteiger partial charge in [-0.05, 0) is 114 Å². The van der Waals surface area contributed by atoms with E-state index in [1.54, 1.807) is 23.1 Å². The van der Waals surface area contributed by atoms with Crippen molar-refractivity contribution in [3.05, 3.63) is 92.3 Å². The van der Waals surface area contributed by atoms with Gasteiger partial charge in [-0.2, -0.15) is 0 Å². The van der Waals surface area contributed by atoms with Gasteiger partial charge < -0.3 is 9.64 Å². The largest absolute Gasteiger partial charge is 0.489 e. The number of amides is 1. The maximum atomic E-state index is 14.5. The third kappa shape index (κ3) is 5.42. The average Bonchev–Trinajstić information content (AvgIpc) is 3.40. The van der Waals surface area contributed by atoms with E-state index in [2.05, 4.69) is 0 Å². The molecule has 1 amide bonds. The lowest BCUT2D eigenvalue weighted by Gasteiger charge is -2.43. The number of ether oxygens (including phenoxy) is 1. The maximum absolute atomic E-state index is 14.5. The summed E-state index contributed by atoms with van der Waals surface area (Å²) < 4.78 is 99.2. The van der Waals surface area contributed by atoms with E-state index in [0.29, 0.717) is 33.3 Å². The number of likely N-dealkylation sites (tertiary alicyclic amines) is 1. The molecule has 6 rings (SSSR count). The zero-order valence-electron chi connectivity index (χ0n) is 23.4. The van der Waals surface area contributed by atoms with Crippen LogP contribution < -0.4 is 4.74 Å². The van der Waals surface area contributed by atoms with E-state index in [4.69, 9.17) is 4.74 Å². The molecule has 3 aromatic carbocycles. The molecule has 0 unspecified atom stereocenters. The van der Waals surface area contributed by atoms with E-state index in [1.807, 2.05) is 22.6 Å². The summed E-state index contributed by atoms with van der Waals surface area (Å²) in [6.45, 7) is 0.148. The van der Waals surface area contributed by atoms with Crippen molar-refractivity contribution in [2.45, 2.75) is 54.4 Å². The van der Waals surface area contributed by atoms with E-state index in [9.17, 15) is 34.8 Å². The molecule has 3 aromatic rings. The normalized spacial score (nSPS) is 23.2. The first-order valence-corrected chi connectivity index (χ1v) is 18.6. The number of sulfone groups is 2. The van der Waals surface area contributed by atoms with E-state index in [0.717, 1.165) is 29.8 Å². The highest BCUT2D eigenvalue weighted by atomic mass is 127. The minimum atomic E-state index is -4.16. The molecule has 2 heterocycles. The first-order chi connectivity index (χ1) is 20.8. The number of hydrogen-bond donors (Lipinski definition) is 0. The molecule has 13 heteroatoms. The predicted molar refractivity (Wildman–Crippen MR) is 165 cm³/mol. The van der Waals surface area contributed by atoms with Crippen molar-refractivity contribution in [2.75, 3.05) is 18.1 Å². The van der Waals surface area contributed by atoms with Crippen LogP contribution in [0, 0.1) is 26.9 Å². The molecule has 0 radical (unpaired) electrons. The van der Waals surface area contributed by atoms with Crippen LogP contribution in [0.4, 0.5) is 13.2 Å². The molecule has 0 saturated carbocycles. The Labute approximate surface area is 267 Å². The van der Waals surface area contributed by atoms with Crippen LogP contribution in [-0.4, -0.2) is 51.7 Å². The van der Waals surface area contributed by atoms with Crippen LogP contribution in [0.5, 0.6) is 5.75 Å². The lowest BCUT2D eigenvalue weighted by molar-refractivity contribution is -0.137. The summed E-state index contributed by atoms with van der Waals surface area (Å²) in [7, 11) is -7.35. The zero-order chi connectivity index (χ0) is 31.4. The van der Waals surface area contributed by atoms with Gasteiger partial charge in [0.05, 0.1) is 22.4 Å². The van der Waals surface area contributed by atoms with Crippen LogP contribution in [0.3, 0.4) is 0 Å². The third-order valence-electron chi connectivity index (χ3n) is 9.13. The summed E-state index contributed by atoms with van der Waals surface area (Å²) in [6.07, 6.45) is 1.32. The Balaban J connectivity index is 1.36. The molecule has 234 valence electrons. The Hall–Kier alpha value is -2.65. The van der Waals surface area contributed by atoms with Gasteiger partial charge in [0.1, 0.15) is 32.8 Å². The SMILES string of the molecule is O=C(C1CCS(=O)(=O)CC1)N1CC[C@@]2(S(=O)(=O)c3ccc(F)cc3)c3ccc(OCc4cc(F)c(F)cc4I)cc3CC[C@@H]12. The number of fused-ring (bicyclic) bond motifs is 3. The molecule has 2 fully saturated rings. The summed E-state index contributed by atoms with van der Waals surface area (Å²) in [4.78, 5) is 15.4.